The number of aromatic nitrogens is 3. The molecular weight excluding hydrogens is 200 g/mol. The van der Waals surface area contributed by atoms with Gasteiger partial charge in [0.05, 0.1) is 17.3 Å². The number of nitrogens with zero attached hydrogens (tertiary/aromatic N) is 4. The predicted molar refractivity (Wildman–Crippen MR) is 59.9 cm³/mol. The van der Waals surface area contributed by atoms with Gasteiger partial charge in [-0.15, -0.1) is 0 Å². The highest BCUT2D eigenvalue weighted by Crippen LogP contribution is 2.33. The molecule has 0 aliphatic heterocycles. The van der Waals surface area contributed by atoms with Crippen LogP contribution in [0.25, 0.3) is 11.0 Å². The highest BCUT2D eigenvalue weighted by Gasteiger charge is 2.23. The van der Waals surface area contributed by atoms with Crippen LogP contribution in [0.15, 0.2) is 12.3 Å². The van der Waals surface area contributed by atoms with Gasteiger partial charge in [0.2, 0.25) is 0 Å². The van der Waals surface area contributed by atoms with Crippen molar-refractivity contribution in [1.82, 2.24) is 14.8 Å². The molecule has 2 aromatic heterocycles. The third kappa shape index (κ3) is 1.21. The molecule has 1 aliphatic rings. The van der Waals surface area contributed by atoms with Crippen molar-refractivity contribution in [3.8, 4) is 6.07 Å². The summed E-state index contributed by atoms with van der Waals surface area (Å²) in [5.41, 5.74) is 2.48. The molecule has 0 amide bonds. The second-order valence-electron chi connectivity index (χ2n) is 4.32. The first-order chi connectivity index (χ1) is 7.79. The lowest BCUT2D eigenvalue weighted by molar-refractivity contribution is 0.295. The average Bonchev–Trinajstić information content (AvgIpc) is 2.54. The first-order valence-corrected chi connectivity index (χ1v) is 5.54. The van der Waals surface area contributed by atoms with Gasteiger partial charge in [0, 0.05) is 11.6 Å². The van der Waals surface area contributed by atoms with Crippen LogP contribution < -0.4 is 0 Å². The van der Waals surface area contributed by atoms with Crippen LogP contribution in [0.2, 0.25) is 0 Å². The van der Waals surface area contributed by atoms with Gasteiger partial charge in [-0.1, -0.05) is 0 Å². The molecule has 1 saturated carbocycles. The van der Waals surface area contributed by atoms with Gasteiger partial charge >= 0.3 is 0 Å². The summed E-state index contributed by atoms with van der Waals surface area (Å²) in [5, 5.41) is 14.4. The molecule has 3 rings (SSSR count). The molecule has 0 spiro atoms. The molecule has 2 heterocycles. The Bertz CT molecular complexity index is 587. The van der Waals surface area contributed by atoms with E-state index in [1.165, 1.54) is 19.3 Å². The molecule has 4 nitrogen and oxygen atoms in total. The van der Waals surface area contributed by atoms with Crippen molar-refractivity contribution in [2.75, 3.05) is 0 Å². The Morgan fingerprint density at radius 2 is 2.31 bits per heavy atom. The van der Waals surface area contributed by atoms with E-state index < -0.39 is 0 Å². The Kier molecular flexibility index (Phi) is 1.93. The smallest absolute Gasteiger partial charge is 0.158 e. The zero-order valence-corrected chi connectivity index (χ0v) is 9.14. The van der Waals surface area contributed by atoms with Gasteiger partial charge < -0.3 is 0 Å². The molecule has 0 radical (unpaired) electrons. The Morgan fingerprint density at radius 3 is 2.94 bits per heavy atom. The fraction of sp³-hybridized carbons (Fsp3) is 0.417. The van der Waals surface area contributed by atoms with E-state index in [-0.39, 0.29) is 0 Å². The van der Waals surface area contributed by atoms with Crippen LogP contribution in [0.5, 0.6) is 0 Å². The van der Waals surface area contributed by atoms with Gasteiger partial charge in [-0.25, -0.2) is 9.67 Å². The van der Waals surface area contributed by atoms with Gasteiger partial charge in [-0.05, 0) is 32.3 Å². The molecule has 16 heavy (non-hydrogen) atoms. The standard InChI is InChI=1S/C12H12N4/c1-8-11-5-9(6-13)7-14-12(11)16(15-8)10-3-2-4-10/h5,7,10H,2-4H2,1H3. The van der Waals surface area contributed by atoms with E-state index in [2.05, 4.69) is 16.2 Å². The Morgan fingerprint density at radius 1 is 1.50 bits per heavy atom. The fourth-order valence-corrected chi connectivity index (χ4v) is 2.12. The van der Waals surface area contributed by atoms with Crippen molar-refractivity contribution in [3.05, 3.63) is 23.5 Å². The maximum atomic E-state index is 8.84. The average molecular weight is 212 g/mol. The van der Waals surface area contributed by atoms with Crippen LogP contribution >= 0.6 is 0 Å². The van der Waals surface area contributed by atoms with E-state index in [0.29, 0.717) is 11.6 Å². The van der Waals surface area contributed by atoms with Crippen molar-refractivity contribution in [2.45, 2.75) is 32.2 Å². The molecule has 80 valence electrons. The van der Waals surface area contributed by atoms with Gasteiger partial charge in [-0.3, -0.25) is 0 Å². The van der Waals surface area contributed by atoms with E-state index >= 15 is 0 Å². The molecule has 1 aliphatic carbocycles. The Labute approximate surface area is 93.5 Å². The number of hydrogen-bond acceptors (Lipinski definition) is 3. The number of fused-ring (bicyclic) bond motifs is 1. The molecular formula is C12H12N4. The van der Waals surface area contributed by atoms with Crippen molar-refractivity contribution < 1.29 is 0 Å². The summed E-state index contributed by atoms with van der Waals surface area (Å²) in [5.74, 6) is 0. The van der Waals surface area contributed by atoms with E-state index in [1.54, 1.807) is 6.20 Å². The third-order valence-electron chi connectivity index (χ3n) is 3.28. The minimum Gasteiger partial charge on any atom is -0.244 e. The number of pyridine rings is 1. The Hall–Kier alpha value is -1.89. The lowest BCUT2D eigenvalue weighted by atomic mass is 9.93. The van der Waals surface area contributed by atoms with E-state index in [9.17, 15) is 0 Å². The zero-order chi connectivity index (χ0) is 11.1. The van der Waals surface area contributed by atoms with Crippen LogP contribution in [0.1, 0.15) is 36.6 Å². The molecule has 1 fully saturated rings. The molecule has 0 saturated heterocycles. The highest BCUT2D eigenvalue weighted by molar-refractivity contribution is 5.79. The summed E-state index contributed by atoms with van der Waals surface area (Å²) < 4.78 is 2.02. The minimum absolute atomic E-state index is 0.511. The van der Waals surface area contributed by atoms with Crippen LogP contribution in [0, 0.1) is 18.3 Å². The second-order valence-corrected chi connectivity index (χ2v) is 4.32. The molecule has 4 heteroatoms. The van der Waals surface area contributed by atoms with Gasteiger partial charge in [0.15, 0.2) is 5.65 Å². The number of nitriles is 1. The van der Waals surface area contributed by atoms with E-state index in [4.69, 9.17) is 5.26 Å². The molecule has 0 unspecified atom stereocenters. The van der Waals surface area contributed by atoms with Crippen molar-refractivity contribution in [3.63, 3.8) is 0 Å². The predicted octanol–water partition coefficient (Wildman–Crippen LogP) is 2.34. The number of hydrogen-bond donors (Lipinski definition) is 0. The van der Waals surface area contributed by atoms with E-state index in [1.807, 2.05) is 17.7 Å². The summed E-state index contributed by atoms with van der Waals surface area (Å²) in [6.07, 6.45) is 5.29. The molecule has 0 aromatic carbocycles. The van der Waals surface area contributed by atoms with Gasteiger partial charge in [-0.2, -0.15) is 10.4 Å². The lowest BCUT2D eigenvalue weighted by Gasteiger charge is -2.25. The molecule has 0 atom stereocenters. The number of aryl methyl sites for hydroxylation is 1. The Balaban J connectivity index is 2.21. The SMILES string of the molecule is Cc1nn(C2CCC2)c2ncc(C#N)cc12. The van der Waals surface area contributed by atoms with Gasteiger partial charge in [0.25, 0.3) is 0 Å². The second kappa shape index (κ2) is 3.31. The van der Waals surface area contributed by atoms with E-state index in [0.717, 1.165) is 16.7 Å². The van der Waals surface area contributed by atoms with Crippen LogP contribution in [-0.2, 0) is 0 Å². The van der Waals surface area contributed by atoms with Crippen LogP contribution in [0.3, 0.4) is 0 Å². The fourth-order valence-electron chi connectivity index (χ4n) is 2.12. The monoisotopic (exact) mass is 212 g/mol. The highest BCUT2D eigenvalue weighted by atomic mass is 15.3. The minimum atomic E-state index is 0.511. The van der Waals surface area contributed by atoms with Crippen molar-refractivity contribution >= 4 is 11.0 Å². The third-order valence-corrected chi connectivity index (χ3v) is 3.28. The lowest BCUT2D eigenvalue weighted by Crippen LogP contribution is -2.18. The quantitative estimate of drug-likeness (QED) is 0.729. The summed E-state index contributed by atoms with van der Waals surface area (Å²) in [6, 6.07) is 4.50. The summed E-state index contributed by atoms with van der Waals surface area (Å²) in [6.45, 7) is 1.97. The maximum Gasteiger partial charge on any atom is 0.158 e. The zero-order valence-electron chi connectivity index (χ0n) is 9.14. The van der Waals surface area contributed by atoms with Crippen molar-refractivity contribution in [1.29, 1.82) is 5.26 Å². The summed E-state index contributed by atoms with van der Waals surface area (Å²) in [7, 11) is 0. The molecule has 2 aromatic rings. The summed E-state index contributed by atoms with van der Waals surface area (Å²) >= 11 is 0. The van der Waals surface area contributed by atoms with Crippen molar-refractivity contribution in [2.24, 2.45) is 0 Å². The van der Waals surface area contributed by atoms with Crippen LogP contribution in [0.4, 0.5) is 0 Å². The van der Waals surface area contributed by atoms with Crippen LogP contribution in [-0.4, -0.2) is 14.8 Å². The van der Waals surface area contributed by atoms with Gasteiger partial charge in [0.1, 0.15) is 6.07 Å². The first kappa shape index (κ1) is 9.34. The normalized spacial score (nSPS) is 16.0. The topological polar surface area (TPSA) is 54.5 Å². The first-order valence-electron chi connectivity index (χ1n) is 5.54. The summed E-state index contributed by atoms with van der Waals surface area (Å²) in [4.78, 5) is 4.35. The molecule has 0 bridgehead atoms. The molecule has 0 N–H and O–H groups in total. The number of rotatable bonds is 1. The largest absolute Gasteiger partial charge is 0.244 e. The maximum absolute atomic E-state index is 8.84.